The molecule has 0 saturated carbocycles. The largest absolute Gasteiger partial charge is 0.349 e. The van der Waals surface area contributed by atoms with Gasteiger partial charge in [-0.05, 0) is 88.7 Å². The first kappa shape index (κ1) is 27.4. The van der Waals surface area contributed by atoms with Crippen LogP contribution in [-0.4, -0.2) is 29.9 Å². The van der Waals surface area contributed by atoms with E-state index in [-0.39, 0.29) is 11.9 Å². The Kier molecular flexibility index (Phi) is 8.65. The summed E-state index contributed by atoms with van der Waals surface area (Å²) in [6.07, 6.45) is 0. The fourth-order valence-corrected chi connectivity index (χ4v) is 3.76. The van der Waals surface area contributed by atoms with Crippen LogP contribution in [0.2, 0.25) is 0 Å². The number of amides is 4. The molecule has 0 spiro atoms. The number of nitrogens with zero attached hydrogens (tertiary/aromatic N) is 1. The van der Waals surface area contributed by atoms with Crippen LogP contribution in [-0.2, 0) is 4.79 Å². The molecular formula is C29H33FN4O3. The second-order valence-electron chi connectivity index (χ2n) is 9.77. The van der Waals surface area contributed by atoms with Crippen LogP contribution < -0.4 is 20.9 Å². The number of carbonyl (C=O) groups is 3. The SMILES string of the molecule is CCNC(=O)Nc1ccc(C(=O)N(c2ccc(F)cc2)C(C(=O)NC(C)(C)C)c2ccc(C)cc2)cc1. The molecule has 7 nitrogen and oxygen atoms in total. The molecule has 0 saturated heterocycles. The fraction of sp³-hybridized carbons (Fsp3) is 0.276. The molecule has 0 aliphatic rings. The number of carbonyl (C=O) groups excluding carboxylic acids is 3. The lowest BCUT2D eigenvalue weighted by Crippen LogP contribution is -2.49. The number of hydrogen-bond donors (Lipinski definition) is 3. The molecule has 0 heterocycles. The van der Waals surface area contributed by atoms with Gasteiger partial charge in [0.25, 0.3) is 5.91 Å². The Morgan fingerprint density at radius 1 is 0.892 bits per heavy atom. The first-order valence-electron chi connectivity index (χ1n) is 12.1. The van der Waals surface area contributed by atoms with Crippen LogP contribution in [0.5, 0.6) is 0 Å². The number of nitrogens with one attached hydrogen (secondary N) is 3. The van der Waals surface area contributed by atoms with E-state index in [1.165, 1.54) is 29.2 Å². The number of urea groups is 1. The summed E-state index contributed by atoms with van der Waals surface area (Å²) in [4.78, 5) is 40.8. The molecule has 0 bridgehead atoms. The molecule has 3 aromatic rings. The van der Waals surface area contributed by atoms with Crippen molar-refractivity contribution in [3.05, 3.63) is 95.3 Å². The van der Waals surface area contributed by atoms with Crippen molar-refractivity contribution in [3.8, 4) is 0 Å². The minimum absolute atomic E-state index is 0.298. The molecule has 4 amide bonds. The van der Waals surface area contributed by atoms with E-state index in [1.54, 1.807) is 24.3 Å². The van der Waals surface area contributed by atoms with Gasteiger partial charge in [0.2, 0.25) is 5.91 Å². The zero-order valence-corrected chi connectivity index (χ0v) is 21.8. The molecule has 0 aliphatic carbocycles. The van der Waals surface area contributed by atoms with Gasteiger partial charge in [-0.3, -0.25) is 14.5 Å². The average Bonchev–Trinajstić information content (AvgIpc) is 2.83. The molecule has 0 aliphatic heterocycles. The van der Waals surface area contributed by atoms with E-state index in [9.17, 15) is 18.8 Å². The second kappa shape index (κ2) is 11.7. The fourth-order valence-electron chi connectivity index (χ4n) is 3.76. The van der Waals surface area contributed by atoms with Gasteiger partial charge in [-0.25, -0.2) is 9.18 Å². The van der Waals surface area contributed by atoms with Crippen molar-refractivity contribution in [2.45, 2.75) is 46.2 Å². The molecule has 8 heteroatoms. The Bertz CT molecular complexity index is 1230. The van der Waals surface area contributed by atoms with Crippen molar-refractivity contribution in [2.24, 2.45) is 0 Å². The molecule has 3 rings (SSSR count). The average molecular weight is 505 g/mol. The monoisotopic (exact) mass is 504 g/mol. The lowest BCUT2D eigenvalue weighted by Gasteiger charge is -2.34. The third-order valence-corrected chi connectivity index (χ3v) is 5.45. The first-order valence-corrected chi connectivity index (χ1v) is 12.1. The number of anilines is 2. The number of halogens is 1. The van der Waals surface area contributed by atoms with Gasteiger partial charge in [-0.2, -0.15) is 0 Å². The molecule has 1 unspecified atom stereocenters. The second-order valence-corrected chi connectivity index (χ2v) is 9.77. The van der Waals surface area contributed by atoms with Crippen LogP contribution in [0.3, 0.4) is 0 Å². The number of aryl methyl sites for hydroxylation is 1. The summed E-state index contributed by atoms with van der Waals surface area (Å²) < 4.78 is 13.8. The van der Waals surface area contributed by atoms with Crippen LogP contribution in [0.4, 0.5) is 20.6 Å². The quantitative estimate of drug-likeness (QED) is 0.392. The Morgan fingerprint density at radius 2 is 1.49 bits per heavy atom. The van der Waals surface area contributed by atoms with Crippen molar-refractivity contribution >= 4 is 29.2 Å². The Hall–Kier alpha value is -4.20. The van der Waals surface area contributed by atoms with Crippen LogP contribution in [0.1, 0.15) is 55.2 Å². The first-order chi connectivity index (χ1) is 17.5. The summed E-state index contributed by atoms with van der Waals surface area (Å²) in [5.74, 6) is -1.28. The van der Waals surface area contributed by atoms with E-state index in [4.69, 9.17) is 0 Å². The van der Waals surface area contributed by atoms with E-state index in [0.717, 1.165) is 5.56 Å². The number of rotatable bonds is 7. The molecule has 194 valence electrons. The highest BCUT2D eigenvalue weighted by molar-refractivity contribution is 6.10. The zero-order chi connectivity index (χ0) is 27.2. The van der Waals surface area contributed by atoms with Gasteiger partial charge in [0.1, 0.15) is 11.9 Å². The van der Waals surface area contributed by atoms with Gasteiger partial charge in [0, 0.05) is 29.0 Å². The normalized spacial score (nSPS) is 11.8. The van der Waals surface area contributed by atoms with Crippen LogP contribution in [0.15, 0.2) is 72.8 Å². The summed E-state index contributed by atoms with van der Waals surface area (Å²) in [6.45, 7) is 9.82. The van der Waals surface area contributed by atoms with Crippen molar-refractivity contribution in [3.63, 3.8) is 0 Å². The highest BCUT2D eigenvalue weighted by Crippen LogP contribution is 2.31. The van der Waals surface area contributed by atoms with Crippen molar-refractivity contribution in [1.82, 2.24) is 10.6 Å². The van der Waals surface area contributed by atoms with Crippen LogP contribution >= 0.6 is 0 Å². The summed E-state index contributed by atoms with van der Waals surface area (Å²) >= 11 is 0. The van der Waals surface area contributed by atoms with Gasteiger partial charge in [0.05, 0.1) is 0 Å². The summed E-state index contributed by atoms with van der Waals surface area (Å²) in [6, 6.07) is 17.8. The minimum Gasteiger partial charge on any atom is -0.349 e. The lowest BCUT2D eigenvalue weighted by atomic mass is 9.99. The predicted octanol–water partition coefficient (Wildman–Crippen LogP) is 5.58. The molecule has 0 aromatic heterocycles. The van der Waals surface area contributed by atoms with Gasteiger partial charge < -0.3 is 16.0 Å². The van der Waals surface area contributed by atoms with Crippen molar-refractivity contribution in [2.75, 3.05) is 16.8 Å². The van der Waals surface area contributed by atoms with Gasteiger partial charge in [0.15, 0.2) is 0 Å². The highest BCUT2D eigenvalue weighted by Gasteiger charge is 2.35. The number of hydrogen-bond acceptors (Lipinski definition) is 3. The maximum atomic E-state index is 14.0. The third-order valence-electron chi connectivity index (χ3n) is 5.45. The molecule has 0 radical (unpaired) electrons. The van der Waals surface area contributed by atoms with E-state index < -0.39 is 23.3 Å². The molecule has 3 aromatic carbocycles. The smallest absolute Gasteiger partial charge is 0.319 e. The van der Waals surface area contributed by atoms with Gasteiger partial charge >= 0.3 is 6.03 Å². The number of benzene rings is 3. The van der Waals surface area contributed by atoms with Crippen molar-refractivity contribution < 1.29 is 18.8 Å². The maximum absolute atomic E-state index is 14.0. The topological polar surface area (TPSA) is 90.5 Å². The molecule has 37 heavy (non-hydrogen) atoms. The van der Waals surface area contributed by atoms with Crippen LogP contribution in [0.25, 0.3) is 0 Å². The maximum Gasteiger partial charge on any atom is 0.319 e. The standard InChI is InChI=1S/C29H33FN4O3/c1-6-31-28(37)32-23-15-11-21(12-16-23)27(36)34(24-17-13-22(30)14-18-24)25(26(35)33-29(3,4)5)20-9-7-19(2)8-10-20/h7-18,25H,6H2,1-5H3,(H,33,35)(H2,31,32,37). The summed E-state index contributed by atoms with van der Waals surface area (Å²) in [5.41, 5.74) is 2.24. The van der Waals surface area contributed by atoms with Crippen LogP contribution in [0, 0.1) is 12.7 Å². The lowest BCUT2D eigenvalue weighted by molar-refractivity contribution is -0.123. The Labute approximate surface area is 217 Å². The highest BCUT2D eigenvalue weighted by atomic mass is 19.1. The molecule has 3 N–H and O–H groups in total. The predicted molar refractivity (Wildman–Crippen MR) is 144 cm³/mol. The minimum atomic E-state index is -1.02. The Morgan fingerprint density at radius 3 is 2.03 bits per heavy atom. The van der Waals surface area contributed by atoms with E-state index >= 15 is 0 Å². The molecule has 1 atom stereocenters. The zero-order valence-electron chi connectivity index (χ0n) is 21.8. The van der Waals surface area contributed by atoms with E-state index in [1.807, 2.05) is 58.9 Å². The van der Waals surface area contributed by atoms with E-state index in [0.29, 0.717) is 29.0 Å². The molecular weight excluding hydrogens is 471 g/mol. The third kappa shape index (κ3) is 7.39. The Balaban J connectivity index is 2.08. The van der Waals surface area contributed by atoms with E-state index in [2.05, 4.69) is 16.0 Å². The molecule has 0 fully saturated rings. The summed E-state index contributed by atoms with van der Waals surface area (Å²) in [7, 11) is 0. The van der Waals surface area contributed by atoms with Crippen molar-refractivity contribution in [1.29, 1.82) is 0 Å². The summed E-state index contributed by atoms with van der Waals surface area (Å²) in [5, 5.41) is 8.32. The van der Waals surface area contributed by atoms with Gasteiger partial charge in [-0.15, -0.1) is 0 Å². The van der Waals surface area contributed by atoms with Gasteiger partial charge in [-0.1, -0.05) is 29.8 Å².